The number of sulfone groups is 1. The lowest BCUT2D eigenvalue weighted by Crippen LogP contribution is -2.38. The van der Waals surface area contributed by atoms with Gasteiger partial charge in [-0.1, -0.05) is 0 Å². The predicted octanol–water partition coefficient (Wildman–Crippen LogP) is 2.23. The Morgan fingerprint density at radius 2 is 1.95 bits per heavy atom. The minimum atomic E-state index is -2.97. The number of thiophene rings is 1. The molecule has 0 bridgehead atoms. The Bertz CT molecular complexity index is 637. The molecule has 20 heavy (non-hydrogen) atoms. The molecule has 4 nitrogen and oxygen atoms in total. The molecule has 1 saturated heterocycles. The number of carbonyl (C=O) groups excluding carboxylic acids is 1. The second kappa shape index (κ2) is 4.84. The van der Waals surface area contributed by atoms with Crippen LogP contribution in [0.1, 0.15) is 46.8 Å². The maximum atomic E-state index is 12.6. The third-order valence-corrected chi connectivity index (χ3v) is 7.11. The third-order valence-electron chi connectivity index (χ3n) is 4.31. The highest BCUT2D eigenvalue weighted by Gasteiger charge is 2.34. The Morgan fingerprint density at radius 3 is 2.60 bits per heavy atom. The van der Waals surface area contributed by atoms with E-state index in [4.69, 9.17) is 0 Å². The van der Waals surface area contributed by atoms with E-state index in [0.717, 1.165) is 23.3 Å². The van der Waals surface area contributed by atoms with Crippen LogP contribution in [0.3, 0.4) is 0 Å². The number of aryl methyl sites for hydroxylation is 1. The van der Waals surface area contributed by atoms with Gasteiger partial charge in [0.25, 0.3) is 5.91 Å². The van der Waals surface area contributed by atoms with E-state index in [1.54, 1.807) is 6.07 Å². The van der Waals surface area contributed by atoms with Gasteiger partial charge in [0.2, 0.25) is 0 Å². The number of nitrogens with zero attached hydrogens (tertiary/aromatic N) is 1. The van der Waals surface area contributed by atoms with Gasteiger partial charge in [-0.2, -0.15) is 0 Å². The van der Waals surface area contributed by atoms with Gasteiger partial charge in [-0.15, -0.1) is 11.3 Å². The predicted molar refractivity (Wildman–Crippen MR) is 79.8 cm³/mol. The molecule has 6 heteroatoms. The zero-order chi connectivity index (χ0) is 14.5. The number of fused-ring (bicyclic) bond motifs is 1. The molecule has 1 aromatic heterocycles. The summed E-state index contributed by atoms with van der Waals surface area (Å²) in [6, 6.07) is 2.36. The van der Waals surface area contributed by atoms with Crippen molar-refractivity contribution in [2.45, 2.75) is 50.9 Å². The lowest BCUT2D eigenvalue weighted by molar-refractivity contribution is 0.0698. The van der Waals surface area contributed by atoms with Crippen molar-refractivity contribution in [1.29, 1.82) is 0 Å². The molecule has 0 aliphatic carbocycles. The Labute approximate surface area is 123 Å². The SMILES string of the molecule is CC1CCC(C)N1C(=O)c1cc2c(s1)CCS(=O)(=O)C2. The van der Waals surface area contributed by atoms with Crippen LogP contribution in [0.15, 0.2) is 6.07 Å². The minimum Gasteiger partial charge on any atom is -0.333 e. The molecule has 0 aromatic carbocycles. The molecule has 2 unspecified atom stereocenters. The molecule has 0 saturated carbocycles. The van der Waals surface area contributed by atoms with Gasteiger partial charge in [0.1, 0.15) is 0 Å². The van der Waals surface area contributed by atoms with Crippen molar-refractivity contribution >= 4 is 27.1 Å². The van der Waals surface area contributed by atoms with Gasteiger partial charge in [0, 0.05) is 17.0 Å². The highest BCUT2D eigenvalue weighted by Crippen LogP contribution is 2.32. The first kappa shape index (κ1) is 14.1. The van der Waals surface area contributed by atoms with Crippen molar-refractivity contribution in [1.82, 2.24) is 4.90 Å². The first-order valence-corrected chi connectivity index (χ1v) is 9.66. The molecule has 2 atom stereocenters. The van der Waals surface area contributed by atoms with Gasteiger partial charge in [-0.3, -0.25) is 4.79 Å². The van der Waals surface area contributed by atoms with E-state index in [0.29, 0.717) is 11.3 Å². The van der Waals surface area contributed by atoms with Gasteiger partial charge in [0.05, 0.1) is 16.4 Å². The Morgan fingerprint density at radius 1 is 1.30 bits per heavy atom. The Kier molecular flexibility index (Phi) is 3.41. The molecule has 3 rings (SSSR count). The van der Waals surface area contributed by atoms with Gasteiger partial charge < -0.3 is 4.90 Å². The molecular formula is C14H19NO3S2. The van der Waals surface area contributed by atoms with E-state index in [1.165, 1.54) is 11.3 Å². The number of hydrogen-bond donors (Lipinski definition) is 0. The molecule has 1 fully saturated rings. The van der Waals surface area contributed by atoms with Crippen LogP contribution in [-0.2, 0) is 22.0 Å². The summed E-state index contributed by atoms with van der Waals surface area (Å²) in [7, 11) is -2.97. The number of rotatable bonds is 1. The van der Waals surface area contributed by atoms with Gasteiger partial charge in [-0.05, 0) is 44.7 Å². The lowest BCUT2D eigenvalue weighted by atomic mass is 10.2. The van der Waals surface area contributed by atoms with E-state index in [9.17, 15) is 13.2 Å². The molecule has 2 aliphatic heterocycles. The minimum absolute atomic E-state index is 0.0688. The van der Waals surface area contributed by atoms with E-state index in [2.05, 4.69) is 13.8 Å². The van der Waals surface area contributed by atoms with Crippen molar-refractivity contribution in [3.8, 4) is 0 Å². The Hall–Kier alpha value is -0.880. The highest BCUT2D eigenvalue weighted by atomic mass is 32.2. The fourth-order valence-corrected chi connectivity index (χ4v) is 5.92. The first-order valence-electron chi connectivity index (χ1n) is 7.02. The fraction of sp³-hybridized carbons (Fsp3) is 0.643. The molecular weight excluding hydrogens is 294 g/mol. The quantitative estimate of drug-likeness (QED) is 0.799. The summed E-state index contributed by atoms with van der Waals surface area (Å²) in [6.07, 6.45) is 2.65. The zero-order valence-electron chi connectivity index (χ0n) is 11.8. The van der Waals surface area contributed by atoms with Crippen LogP contribution >= 0.6 is 11.3 Å². The third kappa shape index (κ3) is 2.39. The standard InChI is InChI=1S/C14H19NO3S2/c1-9-3-4-10(2)15(9)14(16)13-7-11-8-20(17,18)6-5-12(11)19-13/h7,9-10H,3-6,8H2,1-2H3. The Balaban J connectivity index is 1.89. The summed E-state index contributed by atoms with van der Waals surface area (Å²) in [5.74, 6) is 0.376. The molecule has 1 aromatic rings. The fourth-order valence-electron chi connectivity index (χ4n) is 3.19. The van der Waals surface area contributed by atoms with Crippen LogP contribution in [0, 0.1) is 0 Å². The largest absolute Gasteiger partial charge is 0.333 e. The van der Waals surface area contributed by atoms with Crippen LogP contribution < -0.4 is 0 Å². The highest BCUT2D eigenvalue weighted by molar-refractivity contribution is 7.90. The van der Waals surface area contributed by atoms with Crippen LogP contribution in [0.5, 0.6) is 0 Å². The first-order chi connectivity index (χ1) is 9.37. The second-order valence-electron chi connectivity index (χ2n) is 5.89. The number of carbonyl (C=O) groups is 1. The summed E-state index contributed by atoms with van der Waals surface area (Å²) in [6.45, 7) is 4.17. The molecule has 3 heterocycles. The van der Waals surface area contributed by atoms with Crippen LogP contribution in [0.2, 0.25) is 0 Å². The molecule has 0 N–H and O–H groups in total. The summed E-state index contributed by atoms with van der Waals surface area (Å²) in [4.78, 5) is 16.4. The number of hydrogen-bond acceptors (Lipinski definition) is 4. The van der Waals surface area contributed by atoms with Gasteiger partial charge in [-0.25, -0.2) is 8.42 Å². The molecule has 0 spiro atoms. The summed E-state index contributed by atoms with van der Waals surface area (Å²) in [5.41, 5.74) is 0.837. The van der Waals surface area contributed by atoms with Gasteiger partial charge in [0.15, 0.2) is 9.84 Å². The van der Waals surface area contributed by atoms with E-state index >= 15 is 0 Å². The van der Waals surface area contributed by atoms with E-state index in [1.807, 2.05) is 4.90 Å². The molecule has 2 aliphatic rings. The van der Waals surface area contributed by atoms with Crippen LogP contribution in [-0.4, -0.2) is 37.1 Å². The maximum Gasteiger partial charge on any atom is 0.264 e. The zero-order valence-corrected chi connectivity index (χ0v) is 13.4. The van der Waals surface area contributed by atoms with Gasteiger partial charge >= 0.3 is 0 Å². The maximum absolute atomic E-state index is 12.6. The van der Waals surface area contributed by atoms with Crippen molar-refractivity contribution < 1.29 is 13.2 Å². The topological polar surface area (TPSA) is 54.5 Å². The average molecular weight is 313 g/mol. The monoisotopic (exact) mass is 313 g/mol. The van der Waals surface area contributed by atoms with E-state index < -0.39 is 9.84 Å². The van der Waals surface area contributed by atoms with Crippen LogP contribution in [0.25, 0.3) is 0 Å². The summed E-state index contributed by atoms with van der Waals surface area (Å²) in [5, 5.41) is 0. The van der Waals surface area contributed by atoms with Crippen molar-refractivity contribution in [3.05, 3.63) is 21.4 Å². The lowest BCUT2D eigenvalue weighted by Gasteiger charge is -2.25. The van der Waals surface area contributed by atoms with Crippen LogP contribution in [0.4, 0.5) is 0 Å². The average Bonchev–Trinajstić information content (AvgIpc) is 2.91. The summed E-state index contributed by atoms with van der Waals surface area (Å²) >= 11 is 1.48. The van der Waals surface area contributed by atoms with Crippen molar-refractivity contribution in [3.63, 3.8) is 0 Å². The second-order valence-corrected chi connectivity index (χ2v) is 9.21. The number of amides is 1. The molecule has 1 amide bonds. The normalized spacial score (nSPS) is 28.4. The summed E-state index contributed by atoms with van der Waals surface area (Å²) < 4.78 is 23.3. The molecule has 110 valence electrons. The van der Waals surface area contributed by atoms with Crippen molar-refractivity contribution in [2.75, 3.05) is 5.75 Å². The number of likely N-dealkylation sites (tertiary alicyclic amines) is 1. The molecule has 0 radical (unpaired) electrons. The smallest absolute Gasteiger partial charge is 0.264 e. The van der Waals surface area contributed by atoms with E-state index in [-0.39, 0.29) is 29.5 Å². The van der Waals surface area contributed by atoms with Crippen molar-refractivity contribution in [2.24, 2.45) is 0 Å².